The molecule has 0 amide bonds. The van der Waals surface area contributed by atoms with Crippen LogP contribution >= 0.6 is 0 Å². The molecule has 4 rings (SSSR count). The Hall–Kier alpha value is -0.930. The maximum atomic E-state index is 4.11. The van der Waals surface area contributed by atoms with E-state index in [2.05, 4.69) is 33.8 Å². The Labute approximate surface area is 116 Å². The topological polar surface area (TPSA) is 19.4 Å². The molecule has 4 heterocycles. The average Bonchev–Trinajstić information content (AvgIpc) is 2.71. The molecule has 2 bridgehead atoms. The summed E-state index contributed by atoms with van der Waals surface area (Å²) >= 11 is 0. The summed E-state index contributed by atoms with van der Waals surface area (Å²) in [6.07, 6.45) is 7.93. The van der Waals surface area contributed by atoms with Gasteiger partial charge in [0.25, 0.3) is 0 Å². The smallest absolute Gasteiger partial charge is 0.0271 e. The number of nitrogens with zero attached hydrogens (tertiary/aromatic N) is 3. The van der Waals surface area contributed by atoms with Crippen LogP contribution < -0.4 is 0 Å². The quantitative estimate of drug-likeness (QED) is 0.827. The SMILES string of the molecule is CCCN1C[C@H]2CC[C@@H]1CN(Cc1ccncc1)C2. The molecule has 0 radical (unpaired) electrons. The monoisotopic (exact) mass is 259 g/mol. The van der Waals surface area contributed by atoms with Crippen LogP contribution in [0.15, 0.2) is 24.5 Å². The van der Waals surface area contributed by atoms with Crippen LogP contribution in [0.2, 0.25) is 0 Å². The molecule has 0 aliphatic carbocycles. The first-order valence-electron chi connectivity index (χ1n) is 7.70. The van der Waals surface area contributed by atoms with Gasteiger partial charge in [-0.25, -0.2) is 0 Å². The van der Waals surface area contributed by atoms with Gasteiger partial charge in [-0.2, -0.15) is 0 Å². The number of fused-ring (bicyclic) bond motifs is 4. The molecule has 3 heteroatoms. The zero-order valence-electron chi connectivity index (χ0n) is 12.0. The summed E-state index contributed by atoms with van der Waals surface area (Å²) in [6, 6.07) is 5.09. The van der Waals surface area contributed by atoms with E-state index >= 15 is 0 Å². The molecule has 19 heavy (non-hydrogen) atoms. The largest absolute Gasteiger partial charge is 0.299 e. The molecule has 3 aliphatic rings. The summed E-state index contributed by atoms with van der Waals surface area (Å²) in [5, 5.41) is 0. The fourth-order valence-electron chi connectivity index (χ4n) is 3.71. The summed E-state index contributed by atoms with van der Waals surface area (Å²) in [7, 11) is 0. The Morgan fingerprint density at radius 3 is 2.79 bits per heavy atom. The molecule has 3 fully saturated rings. The fourth-order valence-corrected chi connectivity index (χ4v) is 3.71. The molecule has 104 valence electrons. The summed E-state index contributed by atoms with van der Waals surface area (Å²) in [4.78, 5) is 9.51. The Balaban J connectivity index is 1.66. The predicted molar refractivity (Wildman–Crippen MR) is 77.9 cm³/mol. The van der Waals surface area contributed by atoms with Gasteiger partial charge in [-0.05, 0) is 49.4 Å². The van der Waals surface area contributed by atoms with Crippen LogP contribution in [0.25, 0.3) is 0 Å². The lowest BCUT2D eigenvalue weighted by Crippen LogP contribution is -2.44. The second kappa shape index (κ2) is 6.02. The number of piperidine rings is 1. The lowest BCUT2D eigenvalue weighted by atomic mass is 9.95. The van der Waals surface area contributed by atoms with Gasteiger partial charge in [-0.1, -0.05) is 6.92 Å². The van der Waals surface area contributed by atoms with Gasteiger partial charge in [0.15, 0.2) is 0 Å². The van der Waals surface area contributed by atoms with Gasteiger partial charge in [0.1, 0.15) is 0 Å². The van der Waals surface area contributed by atoms with Crippen LogP contribution in [-0.4, -0.2) is 47.0 Å². The van der Waals surface area contributed by atoms with Crippen molar-refractivity contribution in [3.63, 3.8) is 0 Å². The van der Waals surface area contributed by atoms with Gasteiger partial charge in [-0.3, -0.25) is 14.8 Å². The van der Waals surface area contributed by atoms with E-state index in [0.717, 1.165) is 18.5 Å². The fraction of sp³-hybridized carbons (Fsp3) is 0.688. The van der Waals surface area contributed by atoms with E-state index in [1.54, 1.807) is 0 Å². The Bertz CT molecular complexity index is 392. The zero-order valence-corrected chi connectivity index (χ0v) is 12.0. The molecular formula is C16H25N3. The number of rotatable bonds is 4. The number of hydrogen-bond donors (Lipinski definition) is 0. The van der Waals surface area contributed by atoms with Crippen molar-refractivity contribution in [1.82, 2.24) is 14.8 Å². The highest BCUT2D eigenvalue weighted by Gasteiger charge is 2.33. The van der Waals surface area contributed by atoms with Crippen LogP contribution in [0.1, 0.15) is 31.7 Å². The molecule has 0 aromatic carbocycles. The van der Waals surface area contributed by atoms with Crippen LogP contribution in [0, 0.1) is 5.92 Å². The Morgan fingerprint density at radius 1 is 1.16 bits per heavy atom. The minimum atomic E-state index is 0.792. The van der Waals surface area contributed by atoms with Crippen molar-refractivity contribution in [2.45, 2.75) is 38.8 Å². The minimum absolute atomic E-state index is 0.792. The highest BCUT2D eigenvalue weighted by atomic mass is 15.3. The number of hydrogen-bond acceptors (Lipinski definition) is 3. The first-order valence-corrected chi connectivity index (χ1v) is 7.70. The molecule has 0 unspecified atom stereocenters. The third kappa shape index (κ3) is 3.15. The summed E-state index contributed by atoms with van der Waals surface area (Å²) < 4.78 is 0. The predicted octanol–water partition coefficient (Wildman–Crippen LogP) is 2.39. The average molecular weight is 259 g/mol. The number of aromatic nitrogens is 1. The van der Waals surface area contributed by atoms with Crippen LogP contribution in [0.4, 0.5) is 0 Å². The molecule has 0 N–H and O–H groups in total. The highest BCUT2D eigenvalue weighted by molar-refractivity contribution is 5.09. The van der Waals surface area contributed by atoms with E-state index < -0.39 is 0 Å². The van der Waals surface area contributed by atoms with Crippen molar-refractivity contribution in [2.24, 2.45) is 5.92 Å². The van der Waals surface area contributed by atoms with Crippen molar-refractivity contribution < 1.29 is 0 Å². The summed E-state index contributed by atoms with van der Waals surface area (Å²) in [5.74, 6) is 0.882. The van der Waals surface area contributed by atoms with Gasteiger partial charge in [0.2, 0.25) is 0 Å². The Morgan fingerprint density at radius 2 is 2.00 bits per heavy atom. The van der Waals surface area contributed by atoms with Gasteiger partial charge in [0.05, 0.1) is 0 Å². The second-order valence-electron chi connectivity index (χ2n) is 6.14. The van der Waals surface area contributed by atoms with Crippen molar-refractivity contribution in [1.29, 1.82) is 0 Å². The molecule has 1 aromatic heterocycles. The Kier molecular flexibility index (Phi) is 4.14. The third-order valence-electron chi connectivity index (χ3n) is 4.57. The molecule has 2 atom stereocenters. The van der Waals surface area contributed by atoms with Crippen molar-refractivity contribution in [2.75, 3.05) is 26.2 Å². The molecular weight excluding hydrogens is 234 g/mol. The standard InChI is InChI=1S/C16H25N3/c1-2-9-19-12-15-3-4-16(19)13-18(11-15)10-14-5-7-17-8-6-14/h5-8,15-16H,2-4,9-13H2,1H3/t15-,16+/m0/s1. The molecule has 3 saturated heterocycles. The number of pyridine rings is 1. The molecule has 3 nitrogen and oxygen atoms in total. The van der Waals surface area contributed by atoms with Crippen molar-refractivity contribution in [3.8, 4) is 0 Å². The van der Waals surface area contributed by atoms with E-state index in [9.17, 15) is 0 Å². The summed E-state index contributed by atoms with van der Waals surface area (Å²) in [6.45, 7) is 8.52. The highest BCUT2D eigenvalue weighted by Crippen LogP contribution is 2.28. The first kappa shape index (κ1) is 13.1. The minimum Gasteiger partial charge on any atom is -0.299 e. The summed E-state index contributed by atoms with van der Waals surface area (Å²) in [5.41, 5.74) is 1.40. The van der Waals surface area contributed by atoms with E-state index in [0.29, 0.717) is 0 Å². The maximum absolute atomic E-state index is 4.11. The van der Waals surface area contributed by atoms with E-state index in [1.807, 2.05) is 12.4 Å². The first-order chi connectivity index (χ1) is 9.35. The van der Waals surface area contributed by atoms with Crippen molar-refractivity contribution >= 4 is 0 Å². The second-order valence-corrected chi connectivity index (χ2v) is 6.14. The van der Waals surface area contributed by atoms with Crippen LogP contribution in [-0.2, 0) is 6.54 Å². The molecule has 0 spiro atoms. The normalized spacial score (nSPS) is 28.5. The third-order valence-corrected chi connectivity index (χ3v) is 4.57. The molecule has 3 aliphatic heterocycles. The van der Waals surface area contributed by atoms with Gasteiger partial charge in [-0.15, -0.1) is 0 Å². The molecule has 1 aromatic rings. The molecule has 0 saturated carbocycles. The van der Waals surface area contributed by atoms with Gasteiger partial charge in [0, 0.05) is 44.6 Å². The van der Waals surface area contributed by atoms with Gasteiger partial charge >= 0.3 is 0 Å². The van der Waals surface area contributed by atoms with E-state index in [4.69, 9.17) is 0 Å². The van der Waals surface area contributed by atoms with Gasteiger partial charge < -0.3 is 0 Å². The zero-order chi connectivity index (χ0) is 13.1. The van der Waals surface area contributed by atoms with E-state index in [1.165, 1.54) is 51.0 Å². The lowest BCUT2D eigenvalue weighted by Gasteiger charge is -2.35. The van der Waals surface area contributed by atoms with Crippen molar-refractivity contribution in [3.05, 3.63) is 30.1 Å². The van der Waals surface area contributed by atoms with Crippen LogP contribution in [0.3, 0.4) is 0 Å². The van der Waals surface area contributed by atoms with E-state index in [-0.39, 0.29) is 0 Å². The van der Waals surface area contributed by atoms with Crippen LogP contribution in [0.5, 0.6) is 0 Å². The maximum Gasteiger partial charge on any atom is 0.0271 e. The lowest BCUT2D eigenvalue weighted by molar-refractivity contribution is 0.131.